The molecule has 0 unspecified atom stereocenters. The van der Waals surface area contributed by atoms with Crippen molar-refractivity contribution in [3.8, 4) is 0 Å². The number of hydrogen-bond acceptors (Lipinski definition) is 2. The fourth-order valence-corrected chi connectivity index (χ4v) is 2.77. The molecular weight excluding hydrogens is 320 g/mol. The van der Waals surface area contributed by atoms with Crippen LogP contribution in [0.4, 0.5) is 0 Å². The molecule has 3 N–H and O–H groups in total. The third-order valence-electron chi connectivity index (χ3n) is 4.28. The summed E-state index contributed by atoms with van der Waals surface area (Å²) in [4.78, 5) is 18.9. The van der Waals surface area contributed by atoms with E-state index in [1.165, 1.54) is 16.0 Å². The minimum absolute atomic E-state index is 0.0492. The Labute approximate surface area is 148 Å². The fraction of sp³-hybridized carbons (Fsp3) is 0.444. The Balaban J connectivity index is 2.35. The molecule has 6 heteroatoms. The minimum atomic E-state index is -0.0492. The average Bonchev–Trinajstić information content (AvgIpc) is 2.52. The first-order valence-electron chi connectivity index (χ1n) is 8.20. The predicted molar refractivity (Wildman–Crippen MR) is 104 cm³/mol. The van der Waals surface area contributed by atoms with E-state index in [9.17, 15) is 4.79 Å². The van der Waals surface area contributed by atoms with Crippen molar-refractivity contribution in [2.45, 2.75) is 20.4 Å². The average molecular weight is 348 g/mol. The third kappa shape index (κ3) is 4.33. The van der Waals surface area contributed by atoms with Gasteiger partial charge < -0.3 is 20.1 Å². The van der Waals surface area contributed by atoms with Gasteiger partial charge in [0.1, 0.15) is 0 Å². The number of benzene rings is 1. The van der Waals surface area contributed by atoms with Gasteiger partial charge in [-0.1, -0.05) is 0 Å². The topological polar surface area (TPSA) is 52.6 Å². The maximum absolute atomic E-state index is 12.5. The normalized spacial score (nSPS) is 11.1. The molecule has 0 fully saturated rings. The maximum Gasteiger partial charge on any atom is 0.253 e. The molecule has 0 aliphatic heterocycles. The van der Waals surface area contributed by atoms with Crippen LogP contribution >= 0.6 is 12.2 Å². The lowest BCUT2D eigenvalue weighted by Crippen LogP contribution is -3.06. The number of pyridine rings is 1. The number of rotatable bonds is 5. The molecule has 0 bridgehead atoms. The van der Waals surface area contributed by atoms with Crippen molar-refractivity contribution < 1.29 is 4.90 Å². The second kappa shape index (κ2) is 7.77. The number of nitrogens with one attached hydrogen (secondary N) is 3. The molecule has 1 aromatic heterocycles. The fourth-order valence-electron chi connectivity index (χ4n) is 2.61. The summed E-state index contributed by atoms with van der Waals surface area (Å²) in [5.74, 6) is 0. The van der Waals surface area contributed by atoms with Crippen LogP contribution in [0, 0.1) is 13.8 Å². The Morgan fingerprint density at radius 1 is 1.25 bits per heavy atom. The van der Waals surface area contributed by atoms with Crippen LogP contribution in [0.15, 0.2) is 23.0 Å². The van der Waals surface area contributed by atoms with E-state index in [1.54, 1.807) is 0 Å². The number of hydrogen-bond donors (Lipinski definition) is 3. The van der Waals surface area contributed by atoms with Gasteiger partial charge in [0.05, 0.1) is 33.7 Å². The maximum atomic E-state index is 12.5. The molecule has 0 aliphatic rings. The standard InChI is InChI=1S/C18H26N4OS/c1-12-8-14-10-15(17(23)20-16(14)9-13(12)2)11-22(18(24)19-3)7-6-21(4)5/h8-10H,6-7,11H2,1-5H3,(H,19,24)(H,20,23)/p+1. The van der Waals surface area contributed by atoms with Crippen LogP contribution in [-0.4, -0.2) is 49.2 Å². The van der Waals surface area contributed by atoms with E-state index in [2.05, 4.69) is 44.3 Å². The molecule has 130 valence electrons. The highest BCUT2D eigenvalue weighted by Crippen LogP contribution is 2.17. The van der Waals surface area contributed by atoms with E-state index in [1.807, 2.05) is 24.1 Å². The van der Waals surface area contributed by atoms with Crippen LogP contribution < -0.4 is 15.8 Å². The van der Waals surface area contributed by atoms with E-state index in [-0.39, 0.29) is 5.56 Å². The van der Waals surface area contributed by atoms with Gasteiger partial charge in [-0.2, -0.15) is 0 Å². The lowest BCUT2D eigenvalue weighted by molar-refractivity contribution is -0.857. The van der Waals surface area contributed by atoms with Crippen LogP contribution in [0.5, 0.6) is 0 Å². The Morgan fingerprint density at radius 3 is 2.54 bits per heavy atom. The molecule has 0 atom stereocenters. The van der Waals surface area contributed by atoms with Gasteiger partial charge in [-0.25, -0.2) is 0 Å². The second-order valence-corrected chi connectivity index (χ2v) is 6.97. The van der Waals surface area contributed by atoms with Crippen LogP contribution in [-0.2, 0) is 6.54 Å². The highest BCUT2D eigenvalue weighted by molar-refractivity contribution is 7.80. The van der Waals surface area contributed by atoms with E-state index in [0.29, 0.717) is 11.7 Å². The quantitative estimate of drug-likeness (QED) is 0.693. The van der Waals surface area contributed by atoms with Gasteiger partial charge in [-0.05, 0) is 60.8 Å². The van der Waals surface area contributed by atoms with Gasteiger partial charge in [-0.15, -0.1) is 0 Å². The number of quaternary nitrogens is 1. The van der Waals surface area contributed by atoms with Gasteiger partial charge in [0.25, 0.3) is 5.56 Å². The molecule has 24 heavy (non-hydrogen) atoms. The number of likely N-dealkylation sites (N-methyl/N-ethyl adjacent to an activating group) is 1. The van der Waals surface area contributed by atoms with Crippen molar-refractivity contribution in [3.05, 3.63) is 45.2 Å². The van der Waals surface area contributed by atoms with Gasteiger partial charge in [-0.3, -0.25) is 4.79 Å². The minimum Gasteiger partial charge on any atom is -0.366 e. The summed E-state index contributed by atoms with van der Waals surface area (Å²) in [7, 11) is 6.03. The van der Waals surface area contributed by atoms with Crippen molar-refractivity contribution in [1.29, 1.82) is 0 Å². The summed E-state index contributed by atoms with van der Waals surface area (Å²) in [6.07, 6.45) is 0. The summed E-state index contributed by atoms with van der Waals surface area (Å²) >= 11 is 5.40. The van der Waals surface area contributed by atoms with Gasteiger partial charge in [0, 0.05) is 18.1 Å². The first kappa shape index (κ1) is 18.4. The Hall–Kier alpha value is -1.92. The molecule has 2 rings (SSSR count). The molecule has 0 aliphatic carbocycles. The first-order valence-corrected chi connectivity index (χ1v) is 8.61. The predicted octanol–water partition coefficient (Wildman–Crippen LogP) is 0.596. The zero-order valence-corrected chi connectivity index (χ0v) is 15.9. The summed E-state index contributed by atoms with van der Waals surface area (Å²) in [5.41, 5.74) is 3.97. The molecule has 0 saturated carbocycles. The molecule has 5 nitrogen and oxygen atoms in total. The zero-order valence-electron chi connectivity index (χ0n) is 15.1. The number of nitrogens with zero attached hydrogens (tertiary/aromatic N) is 1. The Morgan fingerprint density at radius 2 is 1.92 bits per heavy atom. The van der Waals surface area contributed by atoms with Crippen molar-refractivity contribution in [1.82, 2.24) is 15.2 Å². The lowest BCUT2D eigenvalue weighted by Gasteiger charge is -2.25. The molecular formula is C18H27N4OS+. The third-order valence-corrected chi connectivity index (χ3v) is 4.74. The number of H-pyrrole nitrogens is 1. The van der Waals surface area contributed by atoms with Gasteiger partial charge >= 0.3 is 0 Å². The van der Waals surface area contributed by atoms with E-state index in [4.69, 9.17) is 12.2 Å². The smallest absolute Gasteiger partial charge is 0.253 e. The van der Waals surface area contributed by atoms with E-state index < -0.39 is 0 Å². The van der Waals surface area contributed by atoms with Gasteiger partial charge in [0.15, 0.2) is 5.11 Å². The number of aryl methyl sites for hydroxylation is 2. The zero-order chi connectivity index (χ0) is 17.9. The molecule has 1 heterocycles. The summed E-state index contributed by atoms with van der Waals surface area (Å²) in [6, 6.07) is 6.13. The van der Waals surface area contributed by atoms with Crippen molar-refractivity contribution in [3.63, 3.8) is 0 Å². The van der Waals surface area contributed by atoms with Crippen LogP contribution in [0.1, 0.15) is 16.7 Å². The molecule has 0 saturated heterocycles. The lowest BCUT2D eigenvalue weighted by atomic mass is 10.0. The monoisotopic (exact) mass is 347 g/mol. The number of thiocarbonyl (C=S) groups is 1. The van der Waals surface area contributed by atoms with Crippen molar-refractivity contribution in [2.75, 3.05) is 34.2 Å². The molecule has 1 aromatic carbocycles. The SMILES string of the molecule is CNC(=S)N(CC[NH+](C)C)Cc1cc2cc(C)c(C)cc2[nH]c1=O. The molecule has 2 aromatic rings. The summed E-state index contributed by atoms with van der Waals surface area (Å²) in [5, 5.41) is 4.74. The van der Waals surface area contributed by atoms with Crippen LogP contribution in [0.25, 0.3) is 10.9 Å². The van der Waals surface area contributed by atoms with Crippen LogP contribution in [0.2, 0.25) is 0 Å². The van der Waals surface area contributed by atoms with E-state index >= 15 is 0 Å². The molecule has 0 amide bonds. The largest absolute Gasteiger partial charge is 0.366 e. The Kier molecular flexibility index (Phi) is 5.96. The summed E-state index contributed by atoms with van der Waals surface area (Å²) < 4.78 is 0. The van der Waals surface area contributed by atoms with Gasteiger partial charge in [0.2, 0.25) is 0 Å². The van der Waals surface area contributed by atoms with Crippen molar-refractivity contribution in [2.24, 2.45) is 0 Å². The van der Waals surface area contributed by atoms with E-state index in [0.717, 1.165) is 29.6 Å². The number of aromatic nitrogens is 1. The summed E-state index contributed by atoms with van der Waals surface area (Å²) in [6.45, 7) is 6.39. The molecule has 0 spiro atoms. The van der Waals surface area contributed by atoms with Crippen LogP contribution in [0.3, 0.4) is 0 Å². The van der Waals surface area contributed by atoms with Crippen molar-refractivity contribution >= 4 is 28.2 Å². The number of aromatic amines is 1. The number of fused-ring (bicyclic) bond motifs is 1. The highest BCUT2D eigenvalue weighted by Gasteiger charge is 2.13. The first-order chi connectivity index (χ1) is 11.3. The Bertz CT molecular complexity index is 797. The second-order valence-electron chi connectivity index (χ2n) is 6.58. The highest BCUT2D eigenvalue weighted by atomic mass is 32.1. The molecule has 0 radical (unpaired) electrons.